The van der Waals surface area contributed by atoms with E-state index in [4.69, 9.17) is 10.5 Å². The van der Waals surface area contributed by atoms with Gasteiger partial charge in [0.15, 0.2) is 0 Å². The van der Waals surface area contributed by atoms with Gasteiger partial charge in [-0.15, -0.1) is 0 Å². The van der Waals surface area contributed by atoms with Crippen LogP contribution in [0.5, 0.6) is 0 Å². The van der Waals surface area contributed by atoms with Crippen LogP contribution in [0.3, 0.4) is 0 Å². The molecule has 0 amide bonds. The smallest absolute Gasteiger partial charge is 0.327 e. The summed E-state index contributed by atoms with van der Waals surface area (Å²) in [6.07, 6.45) is 4.48. The maximum Gasteiger partial charge on any atom is 0.327 e. The van der Waals surface area contributed by atoms with E-state index < -0.39 is 5.54 Å². The van der Waals surface area contributed by atoms with Gasteiger partial charge in [-0.2, -0.15) is 0 Å². The van der Waals surface area contributed by atoms with Gasteiger partial charge in [0.25, 0.3) is 0 Å². The molecule has 1 aliphatic carbocycles. The average molecular weight is 268 g/mol. The monoisotopic (exact) mass is 268 g/mol. The number of hydrogen-bond acceptors (Lipinski definition) is 4. The lowest BCUT2D eigenvalue weighted by atomic mass is 9.82. The second kappa shape index (κ2) is 5.41. The summed E-state index contributed by atoms with van der Waals surface area (Å²) < 4.78 is 5.20. The number of esters is 1. The minimum atomic E-state index is -0.780. The lowest BCUT2D eigenvalue weighted by Crippen LogP contribution is -2.59. The van der Waals surface area contributed by atoms with Crippen LogP contribution in [0.25, 0.3) is 0 Å². The Labute approximate surface area is 116 Å². The molecule has 0 bridgehead atoms. The standard InChI is InChI=1S/C15H28N2O2/c1-4-19-13(18)15(16,12-5-6-12)11-17-9-7-14(2,3)8-10-17/h12H,4-11,16H2,1-3H3. The Morgan fingerprint density at radius 3 is 2.42 bits per heavy atom. The molecular weight excluding hydrogens is 240 g/mol. The maximum absolute atomic E-state index is 12.2. The molecule has 1 saturated heterocycles. The van der Waals surface area contributed by atoms with Crippen molar-refractivity contribution in [1.29, 1.82) is 0 Å². The Hall–Kier alpha value is -0.610. The van der Waals surface area contributed by atoms with E-state index in [1.54, 1.807) is 0 Å². The molecule has 0 aromatic heterocycles. The molecule has 1 aliphatic heterocycles. The summed E-state index contributed by atoms with van der Waals surface area (Å²) >= 11 is 0. The molecule has 1 saturated carbocycles. The van der Waals surface area contributed by atoms with Crippen molar-refractivity contribution in [3.63, 3.8) is 0 Å². The van der Waals surface area contributed by atoms with E-state index in [1.807, 2.05) is 6.92 Å². The Balaban J connectivity index is 1.96. The van der Waals surface area contributed by atoms with Crippen LogP contribution in [-0.2, 0) is 9.53 Å². The first-order valence-corrected chi connectivity index (χ1v) is 7.56. The topological polar surface area (TPSA) is 55.6 Å². The zero-order valence-corrected chi connectivity index (χ0v) is 12.6. The van der Waals surface area contributed by atoms with Crippen molar-refractivity contribution < 1.29 is 9.53 Å². The highest BCUT2D eigenvalue weighted by Gasteiger charge is 2.50. The van der Waals surface area contributed by atoms with Gasteiger partial charge in [0, 0.05) is 6.54 Å². The summed E-state index contributed by atoms with van der Waals surface area (Å²) in [5.74, 6) is 0.115. The lowest BCUT2D eigenvalue weighted by Gasteiger charge is -2.40. The second-order valence-corrected chi connectivity index (χ2v) is 6.98. The SMILES string of the molecule is CCOC(=O)C(N)(CN1CCC(C)(C)CC1)C1CC1. The number of nitrogens with two attached hydrogens (primary N) is 1. The largest absolute Gasteiger partial charge is 0.465 e. The molecule has 2 N–H and O–H groups in total. The molecule has 2 fully saturated rings. The number of nitrogens with zero attached hydrogens (tertiary/aromatic N) is 1. The third-order valence-electron chi connectivity index (χ3n) is 4.66. The number of carbonyl (C=O) groups is 1. The van der Waals surface area contributed by atoms with Crippen molar-refractivity contribution in [3.8, 4) is 0 Å². The third-order valence-corrected chi connectivity index (χ3v) is 4.66. The predicted molar refractivity (Wildman–Crippen MR) is 75.7 cm³/mol. The first-order valence-electron chi connectivity index (χ1n) is 7.56. The molecule has 4 nitrogen and oxygen atoms in total. The number of ether oxygens (including phenoxy) is 1. The summed E-state index contributed by atoms with van der Waals surface area (Å²) in [7, 11) is 0. The van der Waals surface area contributed by atoms with E-state index in [1.165, 1.54) is 12.8 Å². The Morgan fingerprint density at radius 2 is 1.95 bits per heavy atom. The zero-order valence-electron chi connectivity index (χ0n) is 12.6. The number of carbonyl (C=O) groups excluding carboxylic acids is 1. The Bertz CT molecular complexity index is 329. The Morgan fingerprint density at radius 1 is 1.37 bits per heavy atom. The van der Waals surface area contributed by atoms with Crippen LogP contribution in [0.2, 0.25) is 0 Å². The molecule has 1 heterocycles. The lowest BCUT2D eigenvalue weighted by molar-refractivity contribution is -0.151. The van der Waals surface area contributed by atoms with E-state index in [-0.39, 0.29) is 5.97 Å². The van der Waals surface area contributed by atoms with Gasteiger partial charge < -0.3 is 15.4 Å². The maximum atomic E-state index is 12.2. The highest BCUT2D eigenvalue weighted by atomic mass is 16.5. The summed E-state index contributed by atoms with van der Waals surface area (Å²) in [5, 5.41) is 0. The van der Waals surface area contributed by atoms with Crippen molar-refractivity contribution in [2.45, 2.75) is 52.0 Å². The fourth-order valence-electron chi connectivity index (χ4n) is 2.91. The summed E-state index contributed by atoms with van der Waals surface area (Å²) in [6.45, 7) is 9.62. The van der Waals surface area contributed by atoms with E-state index in [0.29, 0.717) is 24.5 Å². The molecule has 0 aromatic rings. The second-order valence-electron chi connectivity index (χ2n) is 6.98. The Kier molecular flexibility index (Phi) is 4.21. The van der Waals surface area contributed by atoms with Gasteiger partial charge in [-0.3, -0.25) is 0 Å². The van der Waals surface area contributed by atoms with Crippen LogP contribution in [0.1, 0.15) is 46.5 Å². The molecule has 110 valence electrons. The molecule has 0 aromatic carbocycles. The van der Waals surface area contributed by atoms with Gasteiger partial charge in [0.05, 0.1) is 6.61 Å². The molecule has 0 spiro atoms. The molecule has 19 heavy (non-hydrogen) atoms. The van der Waals surface area contributed by atoms with Crippen molar-refractivity contribution in [2.24, 2.45) is 17.1 Å². The van der Waals surface area contributed by atoms with Gasteiger partial charge in [0.1, 0.15) is 5.54 Å². The fourth-order valence-corrected chi connectivity index (χ4v) is 2.91. The van der Waals surface area contributed by atoms with Crippen LogP contribution in [0.15, 0.2) is 0 Å². The van der Waals surface area contributed by atoms with Crippen LogP contribution < -0.4 is 5.73 Å². The van der Waals surface area contributed by atoms with Gasteiger partial charge in [-0.1, -0.05) is 13.8 Å². The highest BCUT2D eigenvalue weighted by molar-refractivity contribution is 5.82. The first kappa shape index (κ1) is 14.8. The summed E-state index contributed by atoms with van der Waals surface area (Å²) in [4.78, 5) is 14.5. The van der Waals surface area contributed by atoms with Crippen LogP contribution in [0, 0.1) is 11.3 Å². The van der Waals surface area contributed by atoms with Crippen LogP contribution in [0.4, 0.5) is 0 Å². The van der Waals surface area contributed by atoms with E-state index in [9.17, 15) is 4.79 Å². The third kappa shape index (κ3) is 3.48. The van der Waals surface area contributed by atoms with Crippen molar-refractivity contribution in [2.75, 3.05) is 26.2 Å². The van der Waals surface area contributed by atoms with Gasteiger partial charge in [-0.05, 0) is 57.0 Å². The number of rotatable bonds is 5. The summed E-state index contributed by atoms with van der Waals surface area (Å²) in [6, 6.07) is 0. The van der Waals surface area contributed by atoms with Crippen molar-refractivity contribution in [3.05, 3.63) is 0 Å². The van der Waals surface area contributed by atoms with Crippen LogP contribution >= 0.6 is 0 Å². The fraction of sp³-hybridized carbons (Fsp3) is 0.933. The van der Waals surface area contributed by atoms with E-state index in [2.05, 4.69) is 18.7 Å². The van der Waals surface area contributed by atoms with E-state index in [0.717, 1.165) is 25.9 Å². The summed E-state index contributed by atoms with van der Waals surface area (Å²) in [5.41, 5.74) is 6.06. The number of hydrogen-bond donors (Lipinski definition) is 1. The quantitative estimate of drug-likeness (QED) is 0.772. The average Bonchev–Trinajstić information content (AvgIpc) is 3.16. The number of piperidine rings is 1. The molecule has 2 rings (SSSR count). The predicted octanol–water partition coefficient (Wildman–Crippen LogP) is 1.78. The highest BCUT2D eigenvalue weighted by Crippen LogP contribution is 2.40. The first-order chi connectivity index (χ1) is 8.87. The van der Waals surface area contributed by atoms with Crippen molar-refractivity contribution >= 4 is 5.97 Å². The molecule has 2 aliphatic rings. The van der Waals surface area contributed by atoms with Crippen molar-refractivity contribution in [1.82, 2.24) is 4.90 Å². The zero-order chi connectivity index (χ0) is 14.1. The minimum Gasteiger partial charge on any atom is -0.465 e. The molecule has 1 atom stereocenters. The molecule has 1 unspecified atom stereocenters. The normalized spacial score (nSPS) is 26.7. The minimum absolute atomic E-state index is 0.206. The van der Waals surface area contributed by atoms with Gasteiger partial charge in [0.2, 0.25) is 0 Å². The molecule has 4 heteroatoms. The van der Waals surface area contributed by atoms with E-state index >= 15 is 0 Å². The van der Waals surface area contributed by atoms with Gasteiger partial charge >= 0.3 is 5.97 Å². The van der Waals surface area contributed by atoms with Gasteiger partial charge in [-0.25, -0.2) is 4.79 Å². The van der Waals surface area contributed by atoms with Crippen LogP contribution in [-0.4, -0.2) is 42.6 Å². The number of likely N-dealkylation sites (tertiary alicyclic amines) is 1. The molecular formula is C15H28N2O2. The molecule has 0 radical (unpaired) electrons.